The first kappa shape index (κ1) is 23.7. The van der Waals surface area contributed by atoms with Crippen LogP contribution in [0.25, 0.3) is 0 Å². The molecule has 0 aliphatic carbocycles. The zero-order chi connectivity index (χ0) is 21.3. The number of para-hydroxylation sites is 2. The highest BCUT2D eigenvalue weighted by atomic mass is 28.4. The van der Waals surface area contributed by atoms with Crippen molar-refractivity contribution in [2.75, 3.05) is 48.0 Å². The lowest BCUT2D eigenvalue weighted by atomic mass is 10.1. The largest absolute Gasteiger partial charge is 0.504 e. The van der Waals surface area contributed by atoms with Gasteiger partial charge in [-0.3, -0.25) is 0 Å². The van der Waals surface area contributed by atoms with E-state index in [2.05, 4.69) is 5.32 Å². The van der Waals surface area contributed by atoms with Gasteiger partial charge < -0.3 is 31.9 Å². The fourth-order valence-electron chi connectivity index (χ4n) is 3.14. The summed E-state index contributed by atoms with van der Waals surface area (Å²) in [5.74, 6) is 0. The van der Waals surface area contributed by atoms with E-state index in [1.807, 2.05) is 48.5 Å². The first-order valence-electron chi connectivity index (χ1n) is 9.24. The van der Waals surface area contributed by atoms with E-state index in [9.17, 15) is 0 Å². The molecule has 0 unspecified atom stereocenters. The van der Waals surface area contributed by atoms with Crippen molar-refractivity contribution in [3.63, 3.8) is 0 Å². The molecule has 29 heavy (non-hydrogen) atoms. The van der Waals surface area contributed by atoms with E-state index in [0.717, 1.165) is 22.5 Å². The maximum Gasteiger partial charge on any atom is 0.504 e. The van der Waals surface area contributed by atoms with Gasteiger partial charge in [-0.1, -0.05) is 36.4 Å². The summed E-state index contributed by atoms with van der Waals surface area (Å²) >= 11 is 0. The molecule has 0 atom stereocenters. The van der Waals surface area contributed by atoms with E-state index in [1.54, 1.807) is 42.7 Å². The highest BCUT2D eigenvalue weighted by Gasteiger charge is 2.40. The van der Waals surface area contributed by atoms with Gasteiger partial charge in [0.15, 0.2) is 0 Å². The predicted octanol–water partition coefficient (Wildman–Crippen LogP) is 3.35. The Hall–Kier alpha value is -1.57. The monoisotopic (exact) mass is 437 g/mol. The molecule has 2 aromatic rings. The Bertz CT molecular complexity index is 688. The Labute approximate surface area is 175 Å². The van der Waals surface area contributed by atoms with E-state index in [1.165, 1.54) is 0 Å². The third-order valence-corrected chi connectivity index (χ3v) is 10.3. The summed E-state index contributed by atoms with van der Waals surface area (Å²) in [6, 6.07) is 17.2. The van der Waals surface area contributed by atoms with Crippen LogP contribution in [0.4, 0.5) is 11.4 Å². The lowest BCUT2D eigenvalue weighted by molar-refractivity contribution is 0.122. The number of hydrogen-bond acceptors (Lipinski definition) is 7. The van der Waals surface area contributed by atoms with E-state index in [-0.39, 0.29) is 0 Å². The minimum atomic E-state index is -2.77. The SMILES string of the molecule is CO[Si](Cc1ccccc1Nc1ccccc1C[Si](OC)(OC)OC)(OC)OC. The van der Waals surface area contributed by atoms with Crippen molar-refractivity contribution in [3.05, 3.63) is 59.7 Å². The number of nitrogens with one attached hydrogen (secondary N) is 1. The minimum Gasteiger partial charge on any atom is -0.377 e. The molecule has 0 bridgehead atoms. The molecule has 0 fully saturated rings. The summed E-state index contributed by atoms with van der Waals surface area (Å²) in [6.45, 7) is 0. The van der Waals surface area contributed by atoms with Crippen LogP contribution in [0.15, 0.2) is 48.5 Å². The van der Waals surface area contributed by atoms with Crippen LogP contribution in [0.3, 0.4) is 0 Å². The van der Waals surface area contributed by atoms with Crippen LogP contribution >= 0.6 is 0 Å². The Kier molecular flexibility index (Phi) is 8.99. The fraction of sp³-hybridized carbons (Fsp3) is 0.400. The molecule has 7 nitrogen and oxygen atoms in total. The van der Waals surface area contributed by atoms with Gasteiger partial charge in [0.05, 0.1) is 0 Å². The molecule has 0 aromatic heterocycles. The fourth-order valence-corrected chi connectivity index (χ4v) is 6.55. The maximum absolute atomic E-state index is 5.60. The highest BCUT2D eigenvalue weighted by Crippen LogP contribution is 2.28. The van der Waals surface area contributed by atoms with Crippen molar-refractivity contribution < 1.29 is 26.6 Å². The van der Waals surface area contributed by atoms with Crippen LogP contribution in [0, 0.1) is 0 Å². The normalized spacial score (nSPS) is 12.2. The molecular formula is C20H31NO6Si2. The molecule has 0 radical (unpaired) electrons. The summed E-state index contributed by atoms with van der Waals surface area (Å²) in [7, 11) is 4.18. The number of hydrogen-bond donors (Lipinski definition) is 1. The first-order chi connectivity index (χ1) is 14.0. The molecule has 1 N–H and O–H groups in total. The molecule has 0 heterocycles. The number of anilines is 2. The zero-order valence-corrected chi connectivity index (χ0v) is 20.0. The van der Waals surface area contributed by atoms with Crippen molar-refractivity contribution in [1.29, 1.82) is 0 Å². The molecule has 9 heteroatoms. The summed E-state index contributed by atoms with van der Waals surface area (Å²) in [6.07, 6.45) is 0. The van der Waals surface area contributed by atoms with E-state index >= 15 is 0 Å². The average Bonchev–Trinajstić information content (AvgIpc) is 2.78. The third kappa shape index (κ3) is 5.74. The lowest BCUT2D eigenvalue weighted by Crippen LogP contribution is -2.46. The van der Waals surface area contributed by atoms with Crippen molar-refractivity contribution in [2.45, 2.75) is 12.1 Å². The van der Waals surface area contributed by atoms with Crippen LogP contribution in [0.2, 0.25) is 0 Å². The van der Waals surface area contributed by atoms with Gasteiger partial charge in [-0.05, 0) is 23.3 Å². The van der Waals surface area contributed by atoms with Crippen LogP contribution < -0.4 is 5.32 Å². The lowest BCUT2D eigenvalue weighted by Gasteiger charge is -2.27. The van der Waals surface area contributed by atoms with Crippen molar-refractivity contribution in [2.24, 2.45) is 0 Å². The minimum absolute atomic E-state index is 0.550. The summed E-state index contributed by atoms with van der Waals surface area (Å²) in [4.78, 5) is 0. The van der Waals surface area contributed by atoms with Gasteiger partial charge >= 0.3 is 17.6 Å². The first-order valence-corrected chi connectivity index (χ1v) is 13.1. The summed E-state index contributed by atoms with van der Waals surface area (Å²) in [5, 5.41) is 3.54. The van der Waals surface area contributed by atoms with Gasteiger partial charge in [-0.15, -0.1) is 0 Å². The predicted molar refractivity (Wildman–Crippen MR) is 117 cm³/mol. The van der Waals surface area contributed by atoms with Gasteiger partial charge in [0.25, 0.3) is 0 Å². The second-order valence-corrected chi connectivity index (χ2v) is 12.3. The van der Waals surface area contributed by atoms with Gasteiger partial charge in [0, 0.05) is 66.1 Å². The van der Waals surface area contributed by atoms with Crippen LogP contribution in [-0.2, 0) is 38.6 Å². The Balaban J connectivity index is 2.34. The number of benzene rings is 2. The summed E-state index contributed by atoms with van der Waals surface area (Å²) in [5.41, 5.74) is 4.02. The van der Waals surface area contributed by atoms with Crippen LogP contribution in [0.5, 0.6) is 0 Å². The van der Waals surface area contributed by atoms with Gasteiger partial charge in [0.1, 0.15) is 0 Å². The van der Waals surface area contributed by atoms with Crippen molar-refractivity contribution >= 4 is 29.0 Å². The number of rotatable bonds is 12. The average molecular weight is 438 g/mol. The second-order valence-electron chi connectivity index (χ2n) is 6.38. The maximum atomic E-state index is 5.60. The van der Waals surface area contributed by atoms with E-state index in [0.29, 0.717) is 12.1 Å². The van der Waals surface area contributed by atoms with Crippen LogP contribution in [-0.4, -0.2) is 60.3 Å². The van der Waals surface area contributed by atoms with Crippen molar-refractivity contribution in [1.82, 2.24) is 0 Å². The standard InChI is InChI=1S/C20H31NO6Si2/c1-22-28(23-2,24-3)15-17-11-7-9-13-19(17)21-20-14-10-8-12-18(20)16-29(25-4,26-5)27-6/h7-14,21H,15-16H2,1-6H3. The molecule has 0 saturated heterocycles. The molecule has 160 valence electrons. The summed E-state index contributed by atoms with van der Waals surface area (Å²) < 4.78 is 33.6. The van der Waals surface area contributed by atoms with E-state index in [4.69, 9.17) is 26.6 Å². The molecule has 2 rings (SSSR count). The van der Waals surface area contributed by atoms with Gasteiger partial charge in [-0.25, -0.2) is 0 Å². The van der Waals surface area contributed by atoms with Gasteiger partial charge in [0.2, 0.25) is 0 Å². The highest BCUT2D eigenvalue weighted by molar-refractivity contribution is 6.60. The molecule has 0 spiro atoms. The molecule has 0 aliphatic heterocycles. The Morgan fingerprint density at radius 3 is 1.17 bits per heavy atom. The molecule has 2 aromatic carbocycles. The topological polar surface area (TPSA) is 67.4 Å². The second kappa shape index (κ2) is 11.0. The third-order valence-electron chi connectivity index (χ3n) is 4.98. The molecule has 0 aliphatic rings. The zero-order valence-electron chi connectivity index (χ0n) is 18.0. The van der Waals surface area contributed by atoms with Gasteiger partial charge in [-0.2, -0.15) is 0 Å². The van der Waals surface area contributed by atoms with E-state index < -0.39 is 17.6 Å². The Morgan fingerprint density at radius 2 is 0.862 bits per heavy atom. The van der Waals surface area contributed by atoms with Crippen LogP contribution in [0.1, 0.15) is 11.1 Å². The van der Waals surface area contributed by atoms with Crippen molar-refractivity contribution in [3.8, 4) is 0 Å². The molecule has 0 amide bonds. The Morgan fingerprint density at radius 1 is 0.552 bits per heavy atom. The molecule has 0 saturated carbocycles. The molecular weight excluding hydrogens is 406 g/mol. The smallest absolute Gasteiger partial charge is 0.377 e. The quantitative estimate of drug-likeness (QED) is 0.511.